The van der Waals surface area contributed by atoms with Gasteiger partial charge in [0.05, 0.1) is 24.6 Å². The van der Waals surface area contributed by atoms with E-state index < -0.39 is 11.8 Å². The molecule has 2 aromatic carbocycles. The van der Waals surface area contributed by atoms with Gasteiger partial charge in [0.25, 0.3) is 11.5 Å². The summed E-state index contributed by atoms with van der Waals surface area (Å²) in [5, 5.41) is 0.482. The summed E-state index contributed by atoms with van der Waals surface area (Å²) in [6.45, 7) is 4.82. The molecule has 2 amide bonds. The van der Waals surface area contributed by atoms with Gasteiger partial charge in [-0.05, 0) is 54.9 Å². The molecule has 0 aliphatic rings. The van der Waals surface area contributed by atoms with Crippen molar-refractivity contribution in [2.75, 3.05) is 13.7 Å². The Bertz CT molecular complexity index is 1300. The van der Waals surface area contributed by atoms with E-state index in [1.165, 1.54) is 11.7 Å². The lowest BCUT2D eigenvalue weighted by molar-refractivity contribution is -0.122. The number of aromatic nitrogens is 2. The Hall–Kier alpha value is -3.66. The fourth-order valence-electron chi connectivity index (χ4n) is 3.21. The zero-order valence-electron chi connectivity index (χ0n) is 19.3. The summed E-state index contributed by atoms with van der Waals surface area (Å²) in [5.74, 6) is 0.494. The van der Waals surface area contributed by atoms with Crippen molar-refractivity contribution in [1.82, 2.24) is 20.4 Å². The first kappa shape index (κ1) is 25.0. The zero-order chi connectivity index (χ0) is 24.7. The van der Waals surface area contributed by atoms with Crippen LogP contribution in [-0.2, 0) is 11.3 Å². The van der Waals surface area contributed by atoms with E-state index in [1.807, 2.05) is 0 Å². The third-order valence-corrected chi connectivity index (χ3v) is 5.47. The molecule has 1 heterocycles. The fourth-order valence-corrected chi connectivity index (χ4v) is 3.49. The number of H-pyrrole nitrogens is 1. The van der Waals surface area contributed by atoms with E-state index in [-0.39, 0.29) is 23.3 Å². The lowest BCUT2D eigenvalue weighted by Gasteiger charge is -2.13. The maximum absolute atomic E-state index is 12.7. The third-order valence-electron chi connectivity index (χ3n) is 5.15. The highest BCUT2D eigenvalue weighted by molar-refractivity contribution is 7.71. The Balaban J connectivity index is 1.57. The molecular formula is C24H28N4O5S. The minimum absolute atomic E-state index is 0.0536. The second-order valence-electron chi connectivity index (χ2n) is 8.08. The average Bonchev–Trinajstić information content (AvgIpc) is 2.82. The number of hydrogen-bond donors (Lipinski definition) is 3. The van der Waals surface area contributed by atoms with E-state index in [1.54, 1.807) is 42.5 Å². The molecule has 34 heavy (non-hydrogen) atoms. The number of ether oxygens (including phenoxy) is 2. The maximum Gasteiger partial charge on any atom is 0.269 e. The van der Waals surface area contributed by atoms with Crippen molar-refractivity contribution in [1.29, 1.82) is 0 Å². The van der Waals surface area contributed by atoms with Gasteiger partial charge in [0.15, 0.2) is 16.3 Å². The minimum atomic E-state index is -0.513. The van der Waals surface area contributed by atoms with Crippen LogP contribution < -0.4 is 25.9 Å². The third kappa shape index (κ3) is 6.22. The number of amides is 2. The van der Waals surface area contributed by atoms with E-state index in [4.69, 9.17) is 21.7 Å². The number of carbonyl (C=O) groups is 2. The number of hydrazine groups is 1. The Labute approximate surface area is 202 Å². The molecule has 9 nitrogen and oxygen atoms in total. The number of aromatic amines is 1. The van der Waals surface area contributed by atoms with E-state index in [0.29, 0.717) is 40.5 Å². The van der Waals surface area contributed by atoms with Gasteiger partial charge in [-0.2, -0.15) is 0 Å². The molecule has 0 atom stereocenters. The monoisotopic (exact) mass is 484 g/mol. The van der Waals surface area contributed by atoms with Crippen LogP contribution in [0.1, 0.15) is 37.0 Å². The minimum Gasteiger partial charge on any atom is -0.493 e. The van der Waals surface area contributed by atoms with Crippen molar-refractivity contribution in [2.24, 2.45) is 5.92 Å². The van der Waals surface area contributed by atoms with Gasteiger partial charge in [0, 0.05) is 18.5 Å². The van der Waals surface area contributed by atoms with Crippen LogP contribution in [0, 0.1) is 10.7 Å². The highest BCUT2D eigenvalue weighted by atomic mass is 32.1. The number of nitrogens with zero attached hydrogens (tertiary/aromatic N) is 1. The lowest BCUT2D eigenvalue weighted by atomic mass is 10.1. The zero-order valence-corrected chi connectivity index (χ0v) is 20.2. The van der Waals surface area contributed by atoms with E-state index in [2.05, 4.69) is 29.7 Å². The molecule has 0 saturated heterocycles. The summed E-state index contributed by atoms with van der Waals surface area (Å²) in [6, 6.07) is 11.8. The van der Waals surface area contributed by atoms with E-state index >= 15 is 0 Å². The number of fused-ring (bicyclic) bond motifs is 1. The number of methoxy groups -OCH3 is 1. The summed E-state index contributed by atoms with van der Waals surface area (Å²) in [7, 11) is 1.49. The highest BCUT2D eigenvalue weighted by Crippen LogP contribution is 2.28. The summed E-state index contributed by atoms with van der Waals surface area (Å²) in [4.78, 5) is 40.4. The summed E-state index contributed by atoms with van der Waals surface area (Å²) < 4.78 is 12.6. The number of hydrogen-bond acceptors (Lipinski definition) is 6. The Morgan fingerprint density at radius 2 is 1.88 bits per heavy atom. The normalized spacial score (nSPS) is 10.8. The van der Waals surface area contributed by atoms with Crippen molar-refractivity contribution >= 4 is 34.9 Å². The SMILES string of the molecule is COc1cc(C(=O)NNC(=O)CCn2c(=S)[nH]c3ccccc3c2=O)ccc1OCCC(C)C. The molecule has 10 heteroatoms. The molecule has 0 spiro atoms. The molecule has 0 aliphatic carbocycles. The van der Waals surface area contributed by atoms with Gasteiger partial charge in [0.1, 0.15) is 0 Å². The lowest BCUT2D eigenvalue weighted by Crippen LogP contribution is -2.42. The number of nitrogens with one attached hydrogen (secondary N) is 3. The van der Waals surface area contributed by atoms with Crippen LogP contribution in [0.4, 0.5) is 0 Å². The second-order valence-corrected chi connectivity index (χ2v) is 8.47. The molecule has 3 rings (SSSR count). The molecular weight excluding hydrogens is 456 g/mol. The Morgan fingerprint density at radius 1 is 1.12 bits per heavy atom. The fraction of sp³-hybridized carbons (Fsp3) is 0.333. The van der Waals surface area contributed by atoms with Crippen molar-refractivity contribution in [3.8, 4) is 11.5 Å². The van der Waals surface area contributed by atoms with Crippen molar-refractivity contribution in [3.63, 3.8) is 0 Å². The number of carbonyl (C=O) groups excluding carboxylic acids is 2. The topological polar surface area (TPSA) is 114 Å². The van der Waals surface area contributed by atoms with Gasteiger partial charge in [0.2, 0.25) is 5.91 Å². The van der Waals surface area contributed by atoms with Crippen LogP contribution in [0.2, 0.25) is 0 Å². The summed E-state index contributed by atoms with van der Waals surface area (Å²) >= 11 is 5.25. The number of benzene rings is 2. The standard InChI is InChI=1S/C24H28N4O5S/c1-15(2)11-13-33-19-9-8-16(14-20(19)32-3)22(30)27-26-21(29)10-12-28-23(31)17-6-4-5-7-18(17)25-24(28)34/h4-9,14-15H,10-13H2,1-3H3,(H,25,34)(H,26,29)(H,27,30). The quantitative estimate of drug-likeness (QED) is 0.317. The van der Waals surface area contributed by atoms with Gasteiger partial charge in [-0.3, -0.25) is 29.8 Å². The second kappa shape index (κ2) is 11.5. The summed E-state index contributed by atoms with van der Waals surface area (Å²) in [5.41, 5.74) is 5.37. The van der Waals surface area contributed by atoms with Crippen LogP contribution in [0.25, 0.3) is 10.9 Å². The largest absolute Gasteiger partial charge is 0.493 e. The van der Waals surface area contributed by atoms with Crippen LogP contribution >= 0.6 is 12.2 Å². The molecule has 0 radical (unpaired) electrons. The maximum atomic E-state index is 12.7. The smallest absolute Gasteiger partial charge is 0.269 e. The van der Waals surface area contributed by atoms with Gasteiger partial charge < -0.3 is 14.5 Å². The van der Waals surface area contributed by atoms with Crippen LogP contribution in [0.3, 0.4) is 0 Å². The Morgan fingerprint density at radius 3 is 2.62 bits per heavy atom. The summed E-state index contributed by atoms with van der Waals surface area (Å²) in [6.07, 6.45) is 0.843. The predicted octanol–water partition coefficient (Wildman–Crippen LogP) is 3.34. The van der Waals surface area contributed by atoms with Gasteiger partial charge in [-0.15, -0.1) is 0 Å². The molecule has 0 aliphatic heterocycles. The first-order chi connectivity index (χ1) is 16.3. The number of rotatable bonds is 9. The molecule has 1 aromatic heterocycles. The van der Waals surface area contributed by atoms with Crippen LogP contribution in [-0.4, -0.2) is 35.1 Å². The molecule has 0 bridgehead atoms. The molecule has 0 fully saturated rings. The average molecular weight is 485 g/mol. The molecule has 180 valence electrons. The predicted molar refractivity (Wildman–Crippen MR) is 132 cm³/mol. The van der Waals surface area contributed by atoms with Crippen molar-refractivity contribution in [3.05, 3.63) is 63.2 Å². The highest BCUT2D eigenvalue weighted by Gasteiger charge is 2.13. The Kier molecular flexibility index (Phi) is 8.42. The first-order valence-corrected chi connectivity index (χ1v) is 11.3. The molecule has 0 unspecified atom stereocenters. The van der Waals surface area contributed by atoms with E-state index in [0.717, 1.165) is 6.42 Å². The van der Waals surface area contributed by atoms with Gasteiger partial charge in [-0.1, -0.05) is 26.0 Å². The van der Waals surface area contributed by atoms with Gasteiger partial charge in [-0.25, -0.2) is 0 Å². The van der Waals surface area contributed by atoms with Crippen molar-refractivity contribution < 1.29 is 19.1 Å². The molecule has 3 aromatic rings. The van der Waals surface area contributed by atoms with Crippen LogP contribution in [0.5, 0.6) is 11.5 Å². The number of para-hydroxylation sites is 1. The van der Waals surface area contributed by atoms with Crippen LogP contribution in [0.15, 0.2) is 47.3 Å². The first-order valence-electron chi connectivity index (χ1n) is 10.9. The van der Waals surface area contributed by atoms with Crippen molar-refractivity contribution in [2.45, 2.75) is 33.2 Å². The molecule has 0 saturated carbocycles. The molecule has 3 N–H and O–H groups in total. The van der Waals surface area contributed by atoms with Gasteiger partial charge >= 0.3 is 0 Å². The van der Waals surface area contributed by atoms with E-state index in [9.17, 15) is 14.4 Å².